The van der Waals surface area contributed by atoms with Crippen LogP contribution >= 0.6 is 0 Å². The smallest absolute Gasteiger partial charge is 0.270 e. The topological polar surface area (TPSA) is 137 Å². The molecule has 0 aromatic heterocycles. The predicted molar refractivity (Wildman–Crippen MR) is 201 cm³/mol. The summed E-state index contributed by atoms with van der Waals surface area (Å²) in [7, 11) is 5.42. The first-order valence-corrected chi connectivity index (χ1v) is 18.4. The molecule has 1 saturated heterocycles. The van der Waals surface area contributed by atoms with E-state index in [2.05, 4.69) is 31.4 Å². The van der Waals surface area contributed by atoms with Gasteiger partial charge in [0, 0.05) is 60.5 Å². The maximum absolute atomic E-state index is 13.8. The van der Waals surface area contributed by atoms with Gasteiger partial charge in [-0.15, -0.1) is 0 Å². The highest BCUT2D eigenvalue weighted by Crippen LogP contribution is 2.61. The quantitative estimate of drug-likeness (QED) is 0.161. The Balaban J connectivity index is 1.23. The average molecular weight is 712 g/mol. The Bertz CT molecular complexity index is 1780. The fraction of sp³-hybridized carbons (Fsp3) is 0.512. The number of ether oxygens (including phenoxy) is 1. The first-order chi connectivity index (χ1) is 24.7. The van der Waals surface area contributed by atoms with E-state index in [1.54, 1.807) is 13.2 Å². The molecule has 1 aliphatic heterocycles. The molecule has 1 heterocycles. The van der Waals surface area contributed by atoms with Crippen LogP contribution in [0.5, 0.6) is 5.75 Å². The Labute approximate surface area is 306 Å². The van der Waals surface area contributed by atoms with Gasteiger partial charge in [0.05, 0.1) is 24.2 Å². The summed E-state index contributed by atoms with van der Waals surface area (Å²) in [5.74, 6) is 1.64. The third kappa shape index (κ3) is 7.86. The van der Waals surface area contributed by atoms with Gasteiger partial charge in [-0.2, -0.15) is 0 Å². The van der Waals surface area contributed by atoms with Crippen molar-refractivity contribution >= 4 is 17.5 Å². The van der Waals surface area contributed by atoms with Crippen LogP contribution in [0.3, 0.4) is 0 Å². The van der Waals surface area contributed by atoms with Crippen molar-refractivity contribution in [3.8, 4) is 16.9 Å². The highest BCUT2D eigenvalue weighted by atomic mass is 16.6. The number of rotatable bonds is 13. The molecule has 11 nitrogen and oxygen atoms in total. The minimum absolute atomic E-state index is 0.0585. The molecule has 3 N–H and O–H groups in total. The van der Waals surface area contributed by atoms with Crippen LogP contribution in [-0.4, -0.2) is 90.2 Å². The van der Waals surface area contributed by atoms with Crippen LogP contribution < -0.4 is 15.4 Å². The lowest BCUT2D eigenvalue weighted by molar-refractivity contribution is -0.384. The number of amides is 2. The molecular formula is C41H53N5O6. The fourth-order valence-electron chi connectivity index (χ4n) is 9.12. The number of nitrogens with zero attached hydrogens (tertiary/aromatic N) is 3. The zero-order valence-corrected chi connectivity index (χ0v) is 31.2. The number of para-hydroxylation sites is 1. The summed E-state index contributed by atoms with van der Waals surface area (Å²) < 4.78 is 5.95. The summed E-state index contributed by atoms with van der Waals surface area (Å²) in [4.78, 5) is 43.1. The molecule has 52 heavy (non-hydrogen) atoms. The maximum atomic E-state index is 13.8. The minimum atomic E-state index is -0.642. The number of nitrogens with one attached hydrogen (secondary N) is 2. The largest absolute Gasteiger partial charge is 0.496 e. The number of hydrogen-bond donors (Lipinski definition) is 3. The zero-order chi connectivity index (χ0) is 37.3. The van der Waals surface area contributed by atoms with Crippen LogP contribution in [0.1, 0.15) is 61.5 Å². The van der Waals surface area contributed by atoms with Gasteiger partial charge in [0.25, 0.3) is 11.6 Å². The van der Waals surface area contributed by atoms with Crippen LogP contribution in [0, 0.1) is 33.3 Å². The number of aliphatic hydroxyl groups is 1. The summed E-state index contributed by atoms with van der Waals surface area (Å²) in [5, 5.41) is 29.3. The predicted octanol–water partition coefficient (Wildman–Crippen LogP) is 5.30. The molecule has 2 amide bonds. The number of fused-ring (bicyclic) bond motifs is 2. The molecule has 2 bridgehead atoms. The monoisotopic (exact) mass is 711 g/mol. The van der Waals surface area contributed by atoms with Crippen LogP contribution in [0.15, 0.2) is 66.7 Å². The SMILES string of the molecule is COc1c(CN2C[C@@H](O)C[C@H]2C(=O)N[C@H]2C[C@H]3C[C@@H]([C@@H]2C)C3(C)C)cccc1-c1cc(C(=O)N[C@@H](Cc2ccccc2)CN(C)C)cc([N+](=O)[O-])c1. The van der Waals surface area contributed by atoms with E-state index in [9.17, 15) is 24.8 Å². The van der Waals surface area contributed by atoms with Crippen LogP contribution in [0.4, 0.5) is 5.69 Å². The average Bonchev–Trinajstić information content (AvgIpc) is 3.48. The van der Waals surface area contributed by atoms with Gasteiger partial charge in [-0.1, -0.05) is 69.3 Å². The molecule has 278 valence electrons. The summed E-state index contributed by atoms with van der Waals surface area (Å²) >= 11 is 0. The Morgan fingerprint density at radius 3 is 2.48 bits per heavy atom. The van der Waals surface area contributed by atoms with Crippen molar-refractivity contribution in [3.05, 3.63) is 93.5 Å². The first-order valence-electron chi connectivity index (χ1n) is 18.4. The lowest BCUT2D eigenvalue weighted by Crippen LogP contribution is -2.61. The van der Waals surface area contributed by atoms with E-state index < -0.39 is 23.0 Å². The standard InChI is InChI=1S/C41H53N5O6/c1-25-35-19-30(41(35,2)3)20-36(25)43-40(49)37-21-33(47)24-45(37)22-27-13-10-14-34(38(27)52-6)28-16-29(18-32(17-28)46(50)51)39(48)42-31(23-44(4)5)15-26-11-8-7-9-12-26/h7-14,16-18,25,30-31,33,35-37,47H,15,19-24H2,1-6H3,(H,42,48)(H,43,49)/t25-,30+,31-,33-,35-,36-,37-/m0/s1. The molecule has 0 radical (unpaired) electrons. The number of carbonyl (C=O) groups excluding carboxylic acids is 2. The molecule has 0 spiro atoms. The maximum Gasteiger partial charge on any atom is 0.270 e. The van der Waals surface area contributed by atoms with Gasteiger partial charge in [-0.05, 0) is 80.1 Å². The van der Waals surface area contributed by atoms with Crippen molar-refractivity contribution < 1.29 is 24.4 Å². The number of nitro groups is 1. The van der Waals surface area contributed by atoms with Gasteiger partial charge in [0.2, 0.25) is 5.91 Å². The second-order valence-electron chi connectivity index (χ2n) is 16.1. The molecule has 7 rings (SSSR count). The van der Waals surface area contributed by atoms with Crippen molar-refractivity contribution in [1.82, 2.24) is 20.4 Å². The molecule has 0 unspecified atom stereocenters. The summed E-state index contributed by atoms with van der Waals surface area (Å²) in [5.41, 5.74) is 3.18. The number of nitro benzene ring substituents is 1. The van der Waals surface area contributed by atoms with Gasteiger partial charge in [-0.25, -0.2) is 0 Å². The zero-order valence-electron chi connectivity index (χ0n) is 31.2. The minimum Gasteiger partial charge on any atom is -0.496 e. The summed E-state index contributed by atoms with van der Waals surface area (Å²) in [6, 6.07) is 19.3. The van der Waals surface area contributed by atoms with E-state index >= 15 is 0 Å². The molecule has 3 aromatic rings. The third-order valence-electron chi connectivity index (χ3n) is 12.0. The second-order valence-corrected chi connectivity index (χ2v) is 16.1. The third-order valence-corrected chi connectivity index (χ3v) is 12.0. The van der Waals surface area contributed by atoms with Gasteiger partial charge >= 0.3 is 0 Å². The number of methoxy groups -OCH3 is 1. The molecule has 11 heteroatoms. The number of benzene rings is 3. The molecule has 3 aliphatic carbocycles. The number of aliphatic hydroxyl groups excluding tert-OH is 1. The summed E-state index contributed by atoms with van der Waals surface area (Å²) in [6.07, 6.45) is 2.51. The molecule has 3 saturated carbocycles. The lowest BCUT2D eigenvalue weighted by Gasteiger charge is -2.62. The number of non-ortho nitro benzene ring substituents is 1. The van der Waals surface area contributed by atoms with Crippen molar-refractivity contribution in [2.45, 2.75) is 77.2 Å². The number of likely N-dealkylation sites (tertiary alicyclic amines) is 1. The molecular weight excluding hydrogens is 658 g/mol. The van der Waals surface area contributed by atoms with E-state index in [-0.39, 0.29) is 29.2 Å². The second kappa shape index (κ2) is 15.3. The van der Waals surface area contributed by atoms with Gasteiger partial charge < -0.3 is 25.4 Å². The Morgan fingerprint density at radius 1 is 1.08 bits per heavy atom. The van der Waals surface area contributed by atoms with Gasteiger partial charge in [-0.3, -0.25) is 24.6 Å². The van der Waals surface area contributed by atoms with Crippen LogP contribution in [-0.2, 0) is 17.8 Å². The number of likely N-dealkylation sites (N-methyl/N-ethyl adjacent to an activating group) is 1. The highest BCUT2D eigenvalue weighted by Gasteiger charge is 2.56. The van der Waals surface area contributed by atoms with Crippen molar-refractivity contribution in [2.75, 3.05) is 34.3 Å². The Kier molecular flexibility index (Phi) is 11.0. The van der Waals surface area contributed by atoms with Crippen molar-refractivity contribution in [2.24, 2.45) is 23.2 Å². The van der Waals surface area contributed by atoms with Gasteiger partial charge in [0.1, 0.15) is 5.75 Å². The molecule has 7 atom stereocenters. The molecule has 4 aliphatic rings. The number of hydrogen-bond acceptors (Lipinski definition) is 8. The van der Waals surface area contributed by atoms with E-state index in [0.29, 0.717) is 72.5 Å². The molecule has 4 fully saturated rings. The first kappa shape index (κ1) is 37.4. The van der Waals surface area contributed by atoms with E-state index in [0.717, 1.165) is 17.5 Å². The van der Waals surface area contributed by atoms with Crippen molar-refractivity contribution in [1.29, 1.82) is 0 Å². The van der Waals surface area contributed by atoms with E-state index in [1.807, 2.05) is 72.4 Å². The normalized spacial score (nSPS) is 25.6. The fourth-order valence-corrected chi connectivity index (χ4v) is 9.12. The van der Waals surface area contributed by atoms with Crippen LogP contribution in [0.2, 0.25) is 0 Å². The van der Waals surface area contributed by atoms with E-state index in [4.69, 9.17) is 4.74 Å². The van der Waals surface area contributed by atoms with Crippen molar-refractivity contribution in [3.63, 3.8) is 0 Å². The van der Waals surface area contributed by atoms with Gasteiger partial charge in [0.15, 0.2) is 0 Å². The van der Waals surface area contributed by atoms with E-state index in [1.165, 1.54) is 18.6 Å². The number of β-amino-alcohol motifs (C(OH)–C–C–N with tert-alkyl or cyclic N) is 1. The van der Waals surface area contributed by atoms with Crippen LogP contribution in [0.25, 0.3) is 11.1 Å². The Hall–Kier alpha value is -4.32. The Morgan fingerprint density at radius 2 is 1.83 bits per heavy atom. The highest BCUT2D eigenvalue weighted by molar-refractivity contribution is 5.97. The molecule has 3 aromatic carbocycles. The summed E-state index contributed by atoms with van der Waals surface area (Å²) in [6.45, 7) is 8.19. The lowest BCUT2D eigenvalue weighted by atomic mass is 9.45. The number of carbonyl (C=O) groups is 2.